The van der Waals surface area contributed by atoms with Gasteiger partial charge in [-0.2, -0.15) is 0 Å². The van der Waals surface area contributed by atoms with E-state index in [4.69, 9.17) is 0 Å². The highest BCUT2D eigenvalue weighted by Crippen LogP contribution is 2.17. The molecule has 26 heavy (non-hydrogen) atoms. The Morgan fingerprint density at radius 1 is 1.27 bits per heavy atom. The zero-order valence-electron chi connectivity index (χ0n) is 15.6. The van der Waals surface area contributed by atoms with Gasteiger partial charge in [-0.05, 0) is 37.5 Å². The molecule has 1 aliphatic carbocycles. The summed E-state index contributed by atoms with van der Waals surface area (Å²) in [5, 5.41) is 6.31. The summed E-state index contributed by atoms with van der Waals surface area (Å²) in [5.74, 6) is 0.591. The monoisotopic (exact) mass is 476 g/mol. The molecule has 1 aromatic rings. The van der Waals surface area contributed by atoms with Gasteiger partial charge in [-0.3, -0.25) is 9.79 Å². The Labute approximate surface area is 172 Å². The number of benzene rings is 1. The molecule has 146 valence electrons. The number of nitrogens with one attached hydrogen (secondary N) is 2. The molecule has 7 heteroatoms. The normalized spacial score (nSPS) is 14.7. The van der Waals surface area contributed by atoms with E-state index >= 15 is 0 Å². The van der Waals surface area contributed by atoms with Crippen LogP contribution in [0, 0.1) is 5.82 Å². The molecule has 0 aromatic heterocycles. The molecule has 1 fully saturated rings. The predicted octanol–water partition coefficient (Wildman–Crippen LogP) is 3.29. The van der Waals surface area contributed by atoms with Crippen LogP contribution in [-0.4, -0.2) is 42.9 Å². The summed E-state index contributed by atoms with van der Waals surface area (Å²) in [6, 6.07) is 6.81. The van der Waals surface area contributed by atoms with E-state index in [-0.39, 0.29) is 35.7 Å². The third-order valence-electron chi connectivity index (χ3n) is 4.35. The fourth-order valence-corrected chi connectivity index (χ4v) is 3.04. The van der Waals surface area contributed by atoms with Crippen molar-refractivity contribution in [1.29, 1.82) is 0 Å². The number of hydrogen-bond acceptors (Lipinski definition) is 2. The maximum atomic E-state index is 13.0. The fraction of sp³-hybridized carbons (Fsp3) is 0.579. The summed E-state index contributed by atoms with van der Waals surface area (Å²) in [7, 11) is 1.93. The molecule has 0 atom stereocenters. The molecule has 0 aliphatic heterocycles. The van der Waals surface area contributed by atoms with Crippen LogP contribution < -0.4 is 10.6 Å². The molecule has 0 unspecified atom stereocenters. The molecule has 1 aromatic carbocycles. The lowest BCUT2D eigenvalue weighted by molar-refractivity contribution is -0.121. The predicted molar refractivity (Wildman–Crippen MR) is 114 cm³/mol. The van der Waals surface area contributed by atoms with Crippen molar-refractivity contribution in [3.63, 3.8) is 0 Å². The van der Waals surface area contributed by atoms with Crippen molar-refractivity contribution in [2.75, 3.05) is 20.1 Å². The number of amides is 1. The van der Waals surface area contributed by atoms with Crippen LogP contribution in [0.2, 0.25) is 0 Å². The zero-order chi connectivity index (χ0) is 18.1. The molecule has 5 nitrogen and oxygen atoms in total. The number of carbonyl (C=O) groups excluding carboxylic acids is 1. The van der Waals surface area contributed by atoms with Crippen LogP contribution in [0.25, 0.3) is 0 Å². The summed E-state index contributed by atoms with van der Waals surface area (Å²) in [4.78, 5) is 18.5. The van der Waals surface area contributed by atoms with Crippen LogP contribution in [0.5, 0.6) is 0 Å². The van der Waals surface area contributed by atoms with Gasteiger partial charge in [0.25, 0.3) is 0 Å². The van der Waals surface area contributed by atoms with E-state index in [1.807, 2.05) is 18.9 Å². The third kappa shape index (κ3) is 7.88. The molecular formula is C19H30FIN4O. The number of guanidine groups is 1. The van der Waals surface area contributed by atoms with Gasteiger partial charge in [-0.25, -0.2) is 4.39 Å². The van der Waals surface area contributed by atoms with E-state index in [0.29, 0.717) is 25.6 Å². The molecule has 2 rings (SSSR count). The van der Waals surface area contributed by atoms with Crippen LogP contribution in [0.15, 0.2) is 29.3 Å². The van der Waals surface area contributed by atoms with E-state index in [1.165, 1.54) is 25.0 Å². The summed E-state index contributed by atoms with van der Waals surface area (Å²) in [5.41, 5.74) is 1.01. The Hall–Kier alpha value is -1.38. The molecular weight excluding hydrogens is 446 g/mol. The highest BCUT2D eigenvalue weighted by Gasteiger charge is 2.16. The van der Waals surface area contributed by atoms with Gasteiger partial charge in [0.05, 0.1) is 6.54 Å². The number of rotatable bonds is 7. The SMILES string of the molecule is CCNC(=NCCC(=O)NC1CCCC1)N(C)Cc1ccc(F)cc1.I. The Kier molecular flexibility index (Phi) is 10.5. The lowest BCUT2D eigenvalue weighted by Crippen LogP contribution is -2.39. The number of aliphatic imine (C=N–C) groups is 1. The zero-order valence-corrected chi connectivity index (χ0v) is 18.0. The first-order valence-corrected chi connectivity index (χ1v) is 9.11. The minimum Gasteiger partial charge on any atom is -0.357 e. The van der Waals surface area contributed by atoms with Gasteiger partial charge in [0, 0.05) is 32.6 Å². The molecule has 1 saturated carbocycles. The summed E-state index contributed by atoms with van der Waals surface area (Å²) >= 11 is 0. The maximum absolute atomic E-state index is 13.0. The number of carbonyl (C=O) groups is 1. The average Bonchev–Trinajstić information content (AvgIpc) is 3.09. The summed E-state index contributed by atoms with van der Waals surface area (Å²) in [6.45, 7) is 3.84. The average molecular weight is 476 g/mol. The second-order valence-corrected chi connectivity index (χ2v) is 6.52. The molecule has 1 aliphatic rings. The van der Waals surface area contributed by atoms with Crippen molar-refractivity contribution >= 4 is 35.8 Å². The van der Waals surface area contributed by atoms with E-state index in [2.05, 4.69) is 15.6 Å². The van der Waals surface area contributed by atoms with Crippen LogP contribution >= 0.6 is 24.0 Å². The molecule has 0 bridgehead atoms. The number of hydrogen-bond donors (Lipinski definition) is 2. The van der Waals surface area contributed by atoms with Crippen molar-refractivity contribution in [2.24, 2.45) is 4.99 Å². The summed E-state index contributed by atoms with van der Waals surface area (Å²) in [6.07, 6.45) is 5.01. The van der Waals surface area contributed by atoms with Crippen molar-refractivity contribution in [2.45, 2.75) is 51.6 Å². The summed E-state index contributed by atoms with van der Waals surface area (Å²) < 4.78 is 13.0. The number of nitrogens with zero attached hydrogens (tertiary/aromatic N) is 2. The van der Waals surface area contributed by atoms with Crippen molar-refractivity contribution < 1.29 is 9.18 Å². The quantitative estimate of drug-likeness (QED) is 0.361. The molecule has 0 spiro atoms. The van der Waals surface area contributed by atoms with Gasteiger partial charge in [0.2, 0.25) is 5.91 Å². The second-order valence-electron chi connectivity index (χ2n) is 6.52. The smallest absolute Gasteiger partial charge is 0.222 e. The topological polar surface area (TPSA) is 56.7 Å². The second kappa shape index (κ2) is 12.1. The Bertz CT molecular complexity index is 573. The number of halogens is 2. The van der Waals surface area contributed by atoms with E-state index in [9.17, 15) is 9.18 Å². The molecule has 0 saturated heterocycles. The van der Waals surface area contributed by atoms with Gasteiger partial charge < -0.3 is 15.5 Å². The van der Waals surface area contributed by atoms with Crippen LogP contribution in [0.3, 0.4) is 0 Å². The first-order valence-electron chi connectivity index (χ1n) is 9.11. The third-order valence-corrected chi connectivity index (χ3v) is 4.35. The van der Waals surface area contributed by atoms with Gasteiger partial charge in [-0.15, -0.1) is 24.0 Å². The van der Waals surface area contributed by atoms with Crippen LogP contribution in [-0.2, 0) is 11.3 Å². The Morgan fingerprint density at radius 2 is 1.92 bits per heavy atom. The lowest BCUT2D eigenvalue weighted by Gasteiger charge is -2.22. The fourth-order valence-electron chi connectivity index (χ4n) is 3.04. The Morgan fingerprint density at radius 3 is 2.54 bits per heavy atom. The van der Waals surface area contributed by atoms with E-state index in [0.717, 1.165) is 30.9 Å². The standard InChI is InChI=1S/C19H29FN4O.HI/c1-3-21-19(24(2)14-15-8-10-16(20)11-9-15)22-13-12-18(25)23-17-6-4-5-7-17;/h8-11,17H,3-7,12-14H2,1-2H3,(H,21,22)(H,23,25);1H. The van der Waals surface area contributed by atoms with Crippen molar-refractivity contribution in [3.8, 4) is 0 Å². The molecule has 0 heterocycles. The molecule has 1 amide bonds. The van der Waals surface area contributed by atoms with Crippen LogP contribution in [0.4, 0.5) is 4.39 Å². The lowest BCUT2D eigenvalue weighted by atomic mass is 10.2. The minimum atomic E-state index is -0.236. The largest absolute Gasteiger partial charge is 0.357 e. The maximum Gasteiger partial charge on any atom is 0.222 e. The Balaban J connectivity index is 0.00000338. The van der Waals surface area contributed by atoms with Crippen LogP contribution in [0.1, 0.15) is 44.6 Å². The van der Waals surface area contributed by atoms with Gasteiger partial charge in [-0.1, -0.05) is 25.0 Å². The van der Waals surface area contributed by atoms with Crippen molar-refractivity contribution in [1.82, 2.24) is 15.5 Å². The van der Waals surface area contributed by atoms with E-state index < -0.39 is 0 Å². The van der Waals surface area contributed by atoms with E-state index in [1.54, 1.807) is 12.1 Å². The first kappa shape index (κ1) is 22.7. The molecule has 0 radical (unpaired) electrons. The van der Waals surface area contributed by atoms with Gasteiger partial charge in [0.15, 0.2) is 5.96 Å². The minimum absolute atomic E-state index is 0. The van der Waals surface area contributed by atoms with Crippen molar-refractivity contribution in [3.05, 3.63) is 35.6 Å². The highest BCUT2D eigenvalue weighted by atomic mass is 127. The van der Waals surface area contributed by atoms with Gasteiger partial charge in [0.1, 0.15) is 5.82 Å². The first-order chi connectivity index (χ1) is 12.1. The highest BCUT2D eigenvalue weighted by molar-refractivity contribution is 14.0. The molecule has 2 N–H and O–H groups in total. The van der Waals surface area contributed by atoms with Gasteiger partial charge >= 0.3 is 0 Å².